The van der Waals surface area contributed by atoms with Crippen molar-refractivity contribution < 1.29 is 27.9 Å². The molecule has 0 bridgehead atoms. The first-order valence-electron chi connectivity index (χ1n) is 20.8. The number of carbonyl (C=O) groups excluding carboxylic acids is 3. The molecule has 1 aromatic heterocycles. The average molecular weight is 848 g/mol. The first kappa shape index (κ1) is 43.5. The number of rotatable bonds is 17. The minimum absolute atomic E-state index is 0.0236. The molecule has 0 radical (unpaired) electrons. The number of nitrogens with zero attached hydrogens (tertiary/aromatic N) is 5. The van der Waals surface area contributed by atoms with Crippen LogP contribution in [-0.2, 0) is 26.4 Å². The van der Waals surface area contributed by atoms with E-state index in [1.807, 2.05) is 115 Å². The lowest BCUT2D eigenvalue weighted by molar-refractivity contribution is -0.155. The summed E-state index contributed by atoms with van der Waals surface area (Å²) in [6.45, 7) is 3.34. The highest BCUT2D eigenvalue weighted by Gasteiger charge is 2.42. The van der Waals surface area contributed by atoms with Crippen LogP contribution in [0.2, 0.25) is 0 Å². The molecule has 1 unspecified atom stereocenters. The predicted octanol–water partition coefficient (Wildman–Crippen LogP) is 9.40. The van der Waals surface area contributed by atoms with Gasteiger partial charge >= 0.3 is 12.0 Å². The molecule has 0 saturated heterocycles. The molecule has 7 rings (SSSR count). The quantitative estimate of drug-likeness (QED) is 0.0690. The number of benzene rings is 6. The normalized spacial score (nSPS) is 11.7. The fourth-order valence-corrected chi connectivity index (χ4v) is 7.75. The maximum atomic E-state index is 14.3. The van der Waals surface area contributed by atoms with E-state index in [0.717, 1.165) is 51.9 Å². The Bertz CT molecular complexity index is 2530. The number of ether oxygens (including phenoxy) is 1. The van der Waals surface area contributed by atoms with Crippen LogP contribution in [0.1, 0.15) is 55.4 Å². The van der Waals surface area contributed by atoms with Gasteiger partial charge in [0.1, 0.15) is 23.2 Å². The number of esters is 1. The van der Waals surface area contributed by atoms with Crippen molar-refractivity contribution in [1.82, 2.24) is 30.4 Å². The molecule has 2 N–H and O–H groups in total. The van der Waals surface area contributed by atoms with E-state index in [1.54, 1.807) is 6.92 Å². The van der Waals surface area contributed by atoms with Gasteiger partial charge in [-0.1, -0.05) is 153 Å². The second-order valence-electron chi connectivity index (χ2n) is 14.8. The maximum Gasteiger partial charge on any atom is 0.330 e. The molecule has 0 aliphatic carbocycles. The van der Waals surface area contributed by atoms with Gasteiger partial charge in [-0.3, -0.25) is 4.79 Å². The zero-order valence-corrected chi connectivity index (χ0v) is 35.0. The summed E-state index contributed by atoms with van der Waals surface area (Å²) in [4.78, 5) is 41.6. The third kappa shape index (κ3) is 9.68. The summed E-state index contributed by atoms with van der Waals surface area (Å²) >= 11 is 0. The minimum Gasteiger partial charge on any atom is -0.464 e. The monoisotopic (exact) mass is 847 g/mol. The lowest BCUT2D eigenvalue weighted by Gasteiger charge is -2.36. The van der Waals surface area contributed by atoms with Gasteiger partial charge in [-0.25, -0.2) is 23.1 Å². The van der Waals surface area contributed by atoms with Crippen molar-refractivity contribution in [3.63, 3.8) is 0 Å². The molecule has 11 nitrogen and oxygen atoms in total. The van der Waals surface area contributed by atoms with Crippen molar-refractivity contribution >= 4 is 23.6 Å². The third-order valence-corrected chi connectivity index (χ3v) is 10.8. The molecular weight excluding hydrogens is 801 g/mol. The Labute approximate surface area is 364 Å². The SMILES string of the molecule is CCCCC(=O)N(Cc1ccc(-c2ccccc2-c2nnnn2C(c2ccccc2)(c2ccccc2)c2ccccc2)cc1)C(CNC(=O)Nc1ccc(F)cc1F)C(=O)OCC. The number of nitrogens with one attached hydrogen (secondary N) is 2. The van der Waals surface area contributed by atoms with Gasteiger partial charge in [-0.15, -0.1) is 5.10 Å². The van der Waals surface area contributed by atoms with E-state index in [9.17, 15) is 23.2 Å². The van der Waals surface area contributed by atoms with E-state index >= 15 is 0 Å². The first-order valence-corrected chi connectivity index (χ1v) is 20.8. The Hall–Kier alpha value is -7.54. The second-order valence-corrected chi connectivity index (χ2v) is 14.8. The summed E-state index contributed by atoms with van der Waals surface area (Å²) in [5, 5.41) is 18.6. The molecule has 6 aromatic carbocycles. The maximum absolute atomic E-state index is 14.3. The molecule has 0 aliphatic rings. The summed E-state index contributed by atoms with van der Waals surface area (Å²) in [7, 11) is 0. The number of urea groups is 1. The standard InChI is InChI=1S/C50H47F2N7O4/c1-3-5-25-46(60)58(45(48(61)63-4-2)33-53-49(62)54-44-31-30-40(51)32-43(44)52)34-35-26-28-36(29-27-35)41-23-15-16-24-42(41)47-55-56-57-59(47)50(37-17-9-6-10-18-37,38-19-11-7-12-20-38)39-21-13-8-14-22-39/h6-24,26-32,45H,3-5,25,33-34H2,1-2H3,(H2,53,54,62). The van der Waals surface area contributed by atoms with Gasteiger partial charge in [0.05, 0.1) is 18.8 Å². The highest BCUT2D eigenvalue weighted by molar-refractivity contribution is 5.90. The van der Waals surface area contributed by atoms with Crippen LogP contribution in [0.15, 0.2) is 158 Å². The molecule has 320 valence electrons. The summed E-state index contributed by atoms with van der Waals surface area (Å²) < 4.78 is 35.0. The number of hydrogen-bond acceptors (Lipinski definition) is 7. The fraction of sp³-hybridized carbons (Fsp3) is 0.200. The van der Waals surface area contributed by atoms with Crippen LogP contribution in [0.3, 0.4) is 0 Å². The van der Waals surface area contributed by atoms with Crippen molar-refractivity contribution in [3.05, 3.63) is 192 Å². The van der Waals surface area contributed by atoms with E-state index in [4.69, 9.17) is 9.95 Å². The Balaban J connectivity index is 1.22. The van der Waals surface area contributed by atoms with Crippen molar-refractivity contribution in [1.29, 1.82) is 0 Å². The van der Waals surface area contributed by atoms with Crippen LogP contribution < -0.4 is 10.6 Å². The van der Waals surface area contributed by atoms with Gasteiger partial charge in [0.25, 0.3) is 0 Å². The number of aromatic nitrogens is 4. The van der Waals surface area contributed by atoms with Crippen molar-refractivity contribution in [3.8, 4) is 22.5 Å². The highest BCUT2D eigenvalue weighted by atomic mass is 19.1. The number of carbonyl (C=O) groups is 3. The summed E-state index contributed by atoms with van der Waals surface area (Å²) in [5.41, 5.74) is 4.90. The van der Waals surface area contributed by atoms with Gasteiger partial charge < -0.3 is 20.3 Å². The van der Waals surface area contributed by atoms with Gasteiger partial charge in [0, 0.05) is 24.6 Å². The zero-order chi connectivity index (χ0) is 44.2. The molecule has 13 heteroatoms. The van der Waals surface area contributed by atoms with Crippen LogP contribution in [0, 0.1) is 11.6 Å². The summed E-state index contributed by atoms with van der Waals surface area (Å²) in [6, 6.07) is 46.7. The molecule has 0 fully saturated rings. The lowest BCUT2D eigenvalue weighted by Crippen LogP contribution is -2.52. The van der Waals surface area contributed by atoms with Gasteiger partial charge in [-0.2, -0.15) is 0 Å². The molecule has 63 heavy (non-hydrogen) atoms. The van der Waals surface area contributed by atoms with Crippen LogP contribution in [-0.4, -0.2) is 62.2 Å². The number of hydrogen-bond donors (Lipinski definition) is 2. The Morgan fingerprint density at radius 2 is 1.33 bits per heavy atom. The Morgan fingerprint density at radius 3 is 1.90 bits per heavy atom. The van der Waals surface area contributed by atoms with Gasteiger partial charge in [0.2, 0.25) is 5.91 Å². The van der Waals surface area contributed by atoms with Crippen LogP contribution in [0.25, 0.3) is 22.5 Å². The van der Waals surface area contributed by atoms with E-state index in [-0.39, 0.29) is 37.7 Å². The summed E-state index contributed by atoms with van der Waals surface area (Å²) in [5.74, 6) is -2.24. The van der Waals surface area contributed by atoms with Crippen LogP contribution in [0.4, 0.5) is 19.3 Å². The first-order chi connectivity index (χ1) is 30.7. The predicted molar refractivity (Wildman–Crippen MR) is 237 cm³/mol. The van der Waals surface area contributed by atoms with Crippen LogP contribution >= 0.6 is 0 Å². The number of anilines is 1. The largest absolute Gasteiger partial charge is 0.464 e. The smallest absolute Gasteiger partial charge is 0.330 e. The number of halogens is 2. The third-order valence-electron chi connectivity index (χ3n) is 10.8. The molecule has 0 aliphatic heterocycles. The van der Waals surface area contributed by atoms with E-state index in [1.165, 1.54) is 4.90 Å². The molecule has 1 atom stereocenters. The molecule has 3 amide bonds. The molecule has 1 heterocycles. The second kappa shape index (κ2) is 20.3. The van der Waals surface area contributed by atoms with Crippen molar-refractivity contribution in [2.75, 3.05) is 18.5 Å². The van der Waals surface area contributed by atoms with E-state index in [0.29, 0.717) is 23.9 Å². The van der Waals surface area contributed by atoms with Crippen molar-refractivity contribution in [2.24, 2.45) is 0 Å². The van der Waals surface area contributed by atoms with E-state index < -0.39 is 35.2 Å². The van der Waals surface area contributed by atoms with E-state index in [2.05, 4.69) is 57.3 Å². The zero-order valence-electron chi connectivity index (χ0n) is 35.0. The fourth-order valence-electron chi connectivity index (χ4n) is 7.75. The lowest BCUT2D eigenvalue weighted by atomic mass is 9.77. The number of amides is 3. The highest BCUT2D eigenvalue weighted by Crippen LogP contribution is 2.43. The average Bonchev–Trinajstić information content (AvgIpc) is 3.80. The van der Waals surface area contributed by atoms with Gasteiger partial charge in [0.15, 0.2) is 5.82 Å². The molecule has 7 aromatic rings. The Kier molecular flexibility index (Phi) is 14.1. The van der Waals surface area contributed by atoms with Crippen molar-refractivity contribution in [2.45, 2.75) is 51.2 Å². The minimum atomic E-state index is -1.21. The summed E-state index contributed by atoms with van der Waals surface area (Å²) in [6.07, 6.45) is 1.49. The van der Waals surface area contributed by atoms with Gasteiger partial charge in [-0.05, 0) is 69.3 Å². The molecular formula is C50H47F2N7O4. The number of unbranched alkanes of at least 4 members (excludes halogenated alkanes) is 1. The molecule has 0 saturated carbocycles. The Morgan fingerprint density at radius 1 is 0.746 bits per heavy atom. The molecule has 0 spiro atoms. The van der Waals surface area contributed by atoms with Crippen LogP contribution in [0.5, 0.6) is 0 Å². The topological polar surface area (TPSA) is 131 Å². The number of tetrazole rings is 1.